The van der Waals surface area contributed by atoms with Gasteiger partial charge in [-0.25, -0.2) is 4.98 Å². The van der Waals surface area contributed by atoms with Gasteiger partial charge in [0.1, 0.15) is 0 Å². The molecule has 1 aromatic heterocycles. The van der Waals surface area contributed by atoms with Crippen molar-refractivity contribution in [1.29, 1.82) is 0 Å². The number of carboxylic acid groups (broad SMARTS) is 1. The summed E-state index contributed by atoms with van der Waals surface area (Å²) in [7, 11) is 0. The molecule has 1 aromatic rings. The fourth-order valence-electron chi connectivity index (χ4n) is 0.592. The van der Waals surface area contributed by atoms with E-state index in [1.165, 1.54) is 11.8 Å². The summed E-state index contributed by atoms with van der Waals surface area (Å²) in [6, 6.07) is 0. The Morgan fingerprint density at radius 1 is 1.91 bits per heavy atom. The van der Waals surface area contributed by atoms with Gasteiger partial charge in [0.05, 0.1) is 5.75 Å². The zero-order valence-electron chi connectivity index (χ0n) is 6.00. The number of rotatable bonds is 3. The number of thioether (sulfide) groups is 1. The number of hydrogen-bond donors (Lipinski definition) is 2. The van der Waals surface area contributed by atoms with Crippen LogP contribution in [0.4, 0.5) is 0 Å². The lowest BCUT2D eigenvalue weighted by Gasteiger charge is -1.90. The molecule has 0 fully saturated rings. The molecule has 1 rings (SSSR count). The van der Waals surface area contributed by atoms with Crippen LogP contribution in [0.3, 0.4) is 0 Å². The van der Waals surface area contributed by atoms with E-state index in [4.69, 9.17) is 5.11 Å². The first kappa shape index (κ1) is 8.13. The van der Waals surface area contributed by atoms with E-state index in [1.807, 2.05) is 6.92 Å². The van der Waals surface area contributed by atoms with Gasteiger partial charge in [-0.1, -0.05) is 11.8 Å². The van der Waals surface area contributed by atoms with E-state index in [0.29, 0.717) is 5.16 Å². The molecule has 0 saturated heterocycles. The Hall–Kier alpha value is -0.970. The number of nitrogens with zero attached hydrogens (tertiary/aromatic N) is 1. The quantitative estimate of drug-likeness (QED) is 0.665. The molecule has 0 radical (unpaired) electrons. The van der Waals surface area contributed by atoms with Gasteiger partial charge in [0.25, 0.3) is 0 Å². The summed E-state index contributed by atoms with van der Waals surface area (Å²) in [4.78, 5) is 17.0. The number of imidazole rings is 1. The summed E-state index contributed by atoms with van der Waals surface area (Å²) < 4.78 is 0. The van der Waals surface area contributed by atoms with Crippen LogP contribution in [0.25, 0.3) is 0 Å². The molecular weight excluding hydrogens is 164 g/mol. The Morgan fingerprint density at radius 3 is 3.09 bits per heavy atom. The van der Waals surface area contributed by atoms with Gasteiger partial charge < -0.3 is 10.1 Å². The van der Waals surface area contributed by atoms with Gasteiger partial charge in [-0.3, -0.25) is 4.79 Å². The lowest BCUT2D eigenvalue weighted by atomic mass is 10.6. The fraction of sp³-hybridized carbons (Fsp3) is 0.333. The van der Waals surface area contributed by atoms with E-state index in [0.717, 1.165) is 5.69 Å². The molecule has 1 heterocycles. The second-order valence-electron chi connectivity index (χ2n) is 2.05. The molecule has 0 atom stereocenters. The standard InChI is InChI=1S/C6H8N2O2S/c1-4-2-7-6(8-4)11-3-5(9)10/h2H,3H2,1H3,(H,7,8)(H,9,10). The average molecular weight is 172 g/mol. The summed E-state index contributed by atoms with van der Waals surface area (Å²) in [5.41, 5.74) is 0.942. The number of aryl methyl sites for hydroxylation is 1. The average Bonchev–Trinajstić information content (AvgIpc) is 2.31. The molecule has 0 aliphatic carbocycles. The van der Waals surface area contributed by atoms with E-state index in [2.05, 4.69) is 9.97 Å². The van der Waals surface area contributed by atoms with Gasteiger partial charge >= 0.3 is 5.97 Å². The normalized spacial score (nSPS) is 9.91. The summed E-state index contributed by atoms with van der Waals surface area (Å²) in [5.74, 6) is -0.781. The van der Waals surface area contributed by atoms with Crippen molar-refractivity contribution in [1.82, 2.24) is 9.97 Å². The van der Waals surface area contributed by atoms with Crippen molar-refractivity contribution in [2.45, 2.75) is 12.1 Å². The number of nitrogens with one attached hydrogen (secondary N) is 1. The van der Waals surface area contributed by atoms with Crippen molar-refractivity contribution in [3.05, 3.63) is 11.9 Å². The van der Waals surface area contributed by atoms with Crippen LogP contribution >= 0.6 is 11.8 Å². The Morgan fingerprint density at radius 2 is 2.64 bits per heavy atom. The molecule has 0 aliphatic rings. The highest BCUT2D eigenvalue weighted by atomic mass is 32.2. The number of aliphatic carboxylic acids is 1. The number of hydrogen-bond acceptors (Lipinski definition) is 3. The van der Waals surface area contributed by atoms with Gasteiger partial charge in [0.15, 0.2) is 5.16 Å². The van der Waals surface area contributed by atoms with E-state index >= 15 is 0 Å². The summed E-state index contributed by atoms with van der Waals surface area (Å²) in [6.45, 7) is 1.87. The fourth-order valence-corrected chi connectivity index (χ4v) is 1.21. The summed E-state index contributed by atoms with van der Waals surface area (Å²) >= 11 is 1.18. The lowest BCUT2D eigenvalue weighted by molar-refractivity contribution is -0.133. The first-order valence-electron chi connectivity index (χ1n) is 3.04. The van der Waals surface area contributed by atoms with Crippen molar-refractivity contribution in [3.63, 3.8) is 0 Å². The monoisotopic (exact) mass is 172 g/mol. The molecule has 0 saturated carbocycles. The summed E-state index contributed by atoms with van der Waals surface area (Å²) in [5, 5.41) is 8.98. The first-order valence-corrected chi connectivity index (χ1v) is 4.03. The van der Waals surface area contributed by atoms with Crippen molar-refractivity contribution in [2.75, 3.05) is 5.75 Å². The maximum absolute atomic E-state index is 10.1. The molecule has 2 N–H and O–H groups in total. The van der Waals surface area contributed by atoms with E-state index in [9.17, 15) is 4.79 Å². The zero-order valence-corrected chi connectivity index (χ0v) is 6.81. The molecule has 0 amide bonds. The Bertz CT molecular complexity index is 259. The van der Waals surface area contributed by atoms with E-state index < -0.39 is 5.97 Å². The van der Waals surface area contributed by atoms with Crippen LogP contribution in [-0.2, 0) is 4.79 Å². The third-order valence-electron chi connectivity index (χ3n) is 1.01. The number of H-pyrrole nitrogens is 1. The van der Waals surface area contributed by atoms with Gasteiger partial charge in [-0.15, -0.1) is 0 Å². The maximum Gasteiger partial charge on any atom is 0.313 e. The first-order chi connectivity index (χ1) is 5.18. The van der Waals surface area contributed by atoms with Crippen LogP contribution in [0.1, 0.15) is 5.69 Å². The minimum atomic E-state index is -0.830. The van der Waals surface area contributed by atoms with Gasteiger partial charge in [0, 0.05) is 11.9 Å². The minimum Gasteiger partial charge on any atom is -0.481 e. The number of carboxylic acids is 1. The number of aromatic nitrogens is 2. The highest BCUT2D eigenvalue weighted by Crippen LogP contribution is 2.12. The largest absolute Gasteiger partial charge is 0.481 e. The van der Waals surface area contributed by atoms with E-state index in [-0.39, 0.29) is 5.75 Å². The second-order valence-corrected chi connectivity index (χ2v) is 3.02. The van der Waals surface area contributed by atoms with Crippen LogP contribution in [0.2, 0.25) is 0 Å². The molecule has 0 bridgehead atoms. The van der Waals surface area contributed by atoms with Gasteiger partial charge in [-0.05, 0) is 6.92 Å². The van der Waals surface area contributed by atoms with Crippen molar-refractivity contribution in [3.8, 4) is 0 Å². The van der Waals surface area contributed by atoms with Crippen molar-refractivity contribution < 1.29 is 9.90 Å². The highest BCUT2D eigenvalue weighted by molar-refractivity contribution is 7.99. The molecule has 0 aliphatic heterocycles. The number of carbonyl (C=O) groups is 1. The third-order valence-corrected chi connectivity index (χ3v) is 1.88. The maximum atomic E-state index is 10.1. The molecule has 4 nitrogen and oxygen atoms in total. The molecule has 0 aromatic carbocycles. The topological polar surface area (TPSA) is 66.0 Å². The zero-order chi connectivity index (χ0) is 8.27. The van der Waals surface area contributed by atoms with Crippen molar-refractivity contribution >= 4 is 17.7 Å². The van der Waals surface area contributed by atoms with Crippen LogP contribution in [0.15, 0.2) is 11.4 Å². The third kappa shape index (κ3) is 2.63. The molecule has 60 valence electrons. The van der Waals surface area contributed by atoms with Crippen LogP contribution in [0.5, 0.6) is 0 Å². The SMILES string of the molecule is Cc1cnc(SCC(=O)O)[nH]1. The van der Waals surface area contributed by atoms with Crippen LogP contribution < -0.4 is 0 Å². The Labute approximate surface area is 68.0 Å². The van der Waals surface area contributed by atoms with E-state index in [1.54, 1.807) is 6.20 Å². The predicted molar refractivity (Wildman–Crippen MR) is 41.7 cm³/mol. The Kier molecular flexibility index (Phi) is 2.53. The van der Waals surface area contributed by atoms with Gasteiger partial charge in [-0.2, -0.15) is 0 Å². The molecular formula is C6H8N2O2S. The van der Waals surface area contributed by atoms with Crippen LogP contribution in [0, 0.1) is 6.92 Å². The minimum absolute atomic E-state index is 0.0486. The Balaban J connectivity index is 2.45. The smallest absolute Gasteiger partial charge is 0.313 e. The predicted octanol–water partition coefficient (Wildman–Crippen LogP) is 0.895. The second kappa shape index (κ2) is 3.43. The van der Waals surface area contributed by atoms with Crippen LogP contribution in [-0.4, -0.2) is 26.8 Å². The molecule has 0 unspecified atom stereocenters. The summed E-state index contributed by atoms with van der Waals surface area (Å²) in [6.07, 6.45) is 1.67. The van der Waals surface area contributed by atoms with Crippen molar-refractivity contribution in [2.24, 2.45) is 0 Å². The number of aromatic amines is 1. The molecule has 5 heteroatoms. The highest BCUT2D eigenvalue weighted by Gasteiger charge is 2.01. The molecule has 0 spiro atoms. The lowest BCUT2D eigenvalue weighted by Crippen LogP contribution is -1.97. The molecule has 11 heavy (non-hydrogen) atoms. The van der Waals surface area contributed by atoms with Gasteiger partial charge in [0.2, 0.25) is 0 Å².